The van der Waals surface area contributed by atoms with Crippen LogP contribution in [0.25, 0.3) is 0 Å². The third kappa shape index (κ3) is 5.20. The van der Waals surface area contributed by atoms with Gasteiger partial charge < -0.3 is 15.0 Å². The average Bonchev–Trinajstić information content (AvgIpc) is 2.70. The number of carbonyl (C=O) groups is 1. The number of anilines is 1. The first-order valence-electron chi connectivity index (χ1n) is 9.40. The molecule has 6 heteroatoms. The van der Waals surface area contributed by atoms with E-state index in [-0.39, 0.29) is 11.7 Å². The van der Waals surface area contributed by atoms with Crippen LogP contribution in [-0.4, -0.2) is 56.7 Å². The second kappa shape index (κ2) is 9.37. The fraction of sp³-hybridized carbons (Fsp3) is 0.381. The SMILES string of the molecule is CCOc1ccc(C(=O)NCCN2CCN(c3ccccc3F)CC2)cc1. The number of piperazine rings is 1. The molecule has 144 valence electrons. The van der Waals surface area contributed by atoms with Crippen LogP contribution in [0.3, 0.4) is 0 Å². The Labute approximate surface area is 159 Å². The molecule has 0 unspecified atom stereocenters. The number of rotatable bonds is 7. The maximum absolute atomic E-state index is 13.9. The van der Waals surface area contributed by atoms with Gasteiger partial charge in [0, 0.05) is 44.8 Å². The van der Waals surface area contributed by atoms with Crippen molar-refractivity contribution in [2.45, 2.75) is 6.92 Å². The van der Waals surface area contributed by atoms with Crippen molar-refractivity contribution in [1.82, 2.24) is 10.2 Å². The third-order valence-corrected chi connectivity index (χ3v) is 4.71. The standard InChI is InChI=1S/C21H26FN3O2/c1-2-27-18-9-7-17(8-10-18)21(26)23-11-12-24-13-15-25(16-14-24)20-6-4-3-5-19(20)22/h3-10H,2,11-16H2,1H3,(H,23,26). The van der Waals surface area contributed by atoms with Crippen molar-refractivity contribution >= 4 is 11.6 Å². The summed E-state index contributed by atoms with van der Waals surface area (Å²) in [5.41, 5.74) is 1.30. The topological polar surface area (TPSA) is 44.8 Å². The van der Waals surface area contributed by atoms with Gasteiger partial charge in [-0.3, -0.25) is 9.69 Å². The number of hydrogen-bond donors (Lipinski definition) is 1. The fourth-order valence-electron chi connectivity index (χ4n) is 3.22. The number of amides is 1. The Hall–Kier alpha value is -2.60. The van der Waals surface area contributed by atoms with E-state index in [1.54, 1.807) is 30.3 Å². The Bertz CT molecular complexity index is 743. The molecular weight excluding hydrogens is 345 g/mol. The Morgan fingerprint density at radius 1 is 1.07 bits per heavy atom. The van der Waals surface area contributed by atoms with Crippen molar-refractivity contribution in [1.29, 1.82) is 0 Å². The monoisotopic (exact) mass is 371 g/mol. The first kappa shape index (κ1) is 19.2. The molecule has 1 fully saturated rings. The van der Waals surface area contributed by atoms with Crippen LogP contribution >= 0.6 is 0 Å². The quantitative estimate of drug-likeness (QED) is 0.813. The summed E-state index contributed by atoms with van der Waals surface area (Å²) in [5, 5.41) is 2.95. The van der Waals surface area contributed by atoms with E-state index >= 15 is 0 Å². The van der Waals surface area contributed by atoms with Crippen LogP contribution in [0.2, 0.25) is 0 Å². The number of halogens is 1. The van der Waals surface area contributed by atoms with Crippen LogP contribution in [0.15, 0.2) is 48.5 Å². The number of nitrogens with one attached hydrogen (secondary N) is 1. The summed E-state index contributed by atoms with van der Waals surface area (Å²) in [6.07, 6.45) is 0. The van der Waals surface area contributed by atoms with Gasteiger partial charge in [0.05, 0.1) is 12.3 Å². The van der Waals surface area contributed by atoms with Gasteiger partial charge in [-0.15, -0.1) is 0 Å². The second-order valence-electron chi connectivity index (χ2n) is 6.49. The Morgan fingerprint density at radius 3 is 2.44 bits per heavy atom. The van der Waals surface area contributed by atoms with Crippen LogP contribution in [0.1, 0.15) is 17.3 Å². The molecule has 0 aliphatic carbocycles. The number of para-hydroxylation sites is 1. The van der Waals surface area contributed by atoms with E-state index in [1.807, 2.05) is 19.1 Å². The van der Waals surface area contributed by atoms with Crippen molar-refractivity contribution in [3.8, 4) is 5.75 Å². The van der Waals surface area contributed by atoms with Gasteiger partial charge in [0.15, 0.2) is 0 Å². The van der Waals surface area contributed by atoms with E-state index < -0.39 is 0 Å². The van der Waals surface area contributed by atoms with E-state index in [4.69, 9.17) is 4.74 Å². The maximum Gasteiger partial charge on any atom is 0.251 e. The molecule has 0 spiro atoms. The minimum atomic E-state index is -0.173. The van der Waals surface area contributed by atoms with Crippen LogP contribution in [0.5, 0.6) is 5.75 Å². The van der Waals surface area contributed by atoms with Crippen LogP contribution in [0, 0.1) is 5.82 Å². The molecule has 0 aromatic heterocycles. The smallest absolute Gasteiger partial charge is 0.251 e. The zero-order valence-electron chi connectivity index (χ0n) is 15.7. The normalized spacial score (nSPS) is 14.8. The van der Waals surface area contributed by atoms with Gasteiger partial charge in [-0.1, -0.05) is 12.1 Å². The predicted octanol–water partition coefficient (Wildman–Crippen LogP) is 2.78. The summed E-state index contributed by atoms with van der Waals surface area (Å²) in [5.74, 6) is 0.512. The molecular formula is C21H26FN3O2. The zero-order valence-corrected chi connectivity index (χ0v) is 15.7. The summed E-state index contributed by atoms with van der Waals surface area (Å²) < 4.78 is 19.3. The molecule has 27 heavy (non-hydrogen) atoms. The Balaban J connectivity index is 1.40. The highest BCUT2D eigenvalue weighted by atomic mass is 19.1. The lowest BCUT2D eigenvalue weighted by molar-refractivity contribution is 0.0947. The summed E-state index contributed by atoms with van der Waals surface area (Å²) in [6, 6.07) is 14.0. The van der Waals surface area contributed by atoms with Gasteiger partial charge in [-0.2, -0.15) is 0 Å². The van der Waals surface area contributed by atoms with Gasteiger partial charge in [-0.25, -0.2) is 4.39 Å². The Morgan fingerprint density at radius 2 is 1.78 bits per heavy atom. The third-order valence-electron chi connectivity index (χ3n) is 4.71. The van der Waals surface area contributed by atoms with Gasteiger partial charge in [-0.05, 0) is 43.3 Å². The molecule has 1 heterocycles. The number of nitrogens with zero attached hydrogens (tertiary/aromatic N) is 2. The fourth-order valence-corrected chi connectivity index (χ4v) is 3.22. The minimum absolute atomic E-state index is 0.0805. The van der Waals surface area contributed by atoms with Gasteiger partial charge in [0.2, 0.25) is 0 Å². The average molecular weight is 371 g/mol. The van der Waals surface area contributed by atoms with Gasteiger partial charge >= 0.3 is 0 Å². The highest BCUT2D eigenvalue weighted by Crippen LogP contribution is 2.20. The van der Waals surface area contributed by atoms with Crippen molar-refractivity contribution in [3.05, 3.63) is 59.9 Å². The molecule has 1 N–H and O–H groups in total. The molecule has 0 bridgehead atoms. The molecule has 0 saturated carbocycles. The molecule has 3 rings (SSSR count). The highest BCUT2D eigenvalue weighted by Gasteiger charge is 2.19. The first-order valence-corrected chi connectivity index (χ1v) is 9.40. The number of benzene rings is 2. The van der Waals surface area contributed by atoms with Crippen molar-refractivity contribution in [3.63, 3.8) is 0 Å². The van der Waals surface area contributed by atoms with E-state index in [0.717, 1.165) is 38.5 Å². The lowest BCUT2D eigenvalue weighted by atomic mass is 10.2. The number of ether oxygens (including phenoxy) is 1. The largest absolute Gasteiger partial charge is 0.494 e. The van der Waals surface area contributed by atoms with Crippen molar-refractivity contribution in [2.75, 3.05) is 50.8 Å². The summed E-state index contributed by atoms with van der Waals surface area (Å²) >= 11 is 0. The molecule has 1 aliphatic rings. The molecule has 2 aromatic rings. The van der Waals surface area contributed by atoms with E-state index in [9.17, 15) is 9.18 Å². The van der Waals surface area contributed by atoms with E-state index in [1.165, 1.54) is 6.07 Å². The molecule has 1 amide bonds. The van der Waals surface area contributed by atoms with E-state index in [0.29, 0.717) is 24.4 Å². The summed E-state index contributed by atoms with van der Waals surface area (Å²) in [6.45, 7) is 7.19. The number of carbonyl (C=O) groups excluding carboxylic acids is 1. The zero-order chi connectivity index (χ0) is 19.1. The van der Waals surface area contributed by atoms with Crippen LogP contribution < -0.4 is 15.0 Å². The van der Waals surface area contributed by atoms with Crippen molar-refractivity contribution < 1.29 is 13.9 Å². The minimum Gasteiger partial charge on any atom is -0.494 e. The maximum atomic E-state index is 13.9. The lowest BCUT2D eigenvalue weighted by Crippen LogP contribution is -2.48. The molecule has 1 saturated heterocycles. The molecule has 1 aliphatic heterocycles. The van der Waals surface area contributed by atoms with Crippen LogP contribution in [0.4, 0.5) is 10.1 Å². The second-order valence-corrected chi connectivity index (χ2v) is 6.49. The Kier molecular flexibility index (Phi) is 6.65. The summed E-state index contributed by atoms with van der Waals surface area (Å²) in [7, 11) is 0. The molecule has 5 nitrogen and oxygen atoms in total. The highest BCUT2D eigenvalue weighted by molar-refractivity contribution is 5.94. The summed E-state index contributed by atoms with van der Waals surface area (Å²) in [4.78, 5) is 16.6. The van der Waals surface area contributed by atoms with Crippen molar-refractivity contribution in [2.24, 2.45) is 0 Å². The molecule has 2 aromatic carbocycles. The van der Waals surface area contributed by atoms with E-state index in [2.05, 4.69) is 15.1 Å². The van der Waals surface area contributed by atoms with Gasteiger partial charge in [0.1, 0.15) is 11.6 Å². The molecule has 0 radical (unpaired) electrons. The number of hydrogen-bond acceptors (Lipinski definition) is 4. The van der Waals surface area contributed by atoms with Crippen LogP contribution in [-0.2, 0) is 0 Å². The predicted molar refractivity (Wildman–Crippen MR) is 105 cm³/mol. The van der Waals surface area contributed by atoms with Gasteiger partial charge in [0.25, 0.3) is 5.91 Å². The first-order chi connectivity index (χ1) is 13.2. The molecule has 0 atom stereocenters. The lowest BCUT2D eigenvalue weighted by Gasteiger charge is -2.36.